The first-order chi connectivity index (χ1) is 6.81. The molecule has 0 bridgehead atoms. The van der Waals surface area contributed by atoms with Crippen LogP contribution in [0.15, 0.2) is 0 Å². The van der Waals surface area contributed by atoms with Crippen LogP contribution in [0.25, 0.3) is 0 Å². The van der Waals surface area contributed by atoms with Gasteiger partial charge in [-0.3, -0.25) is 4.79 Å². The fraction of sp³-hybridized carbons (Fsp3) is 0.909. The van der Waals surface area contributed by atoms with Crippen LogP contribution in [0.4, 0.5) is 0 Å². The summed E-state index contributed by atoms with van der Waals surface area (Å²) in [7, 11) is 0. The van der Waals surface area contributed by atoms with Crippen molar-refractivity contribution in [1.29, 1.82) is 0 Å². The lowest BCUT2D eigenvalue weighted by atomic mass is 9.91. The maximum Gasteiger partial charge on any atom is 0.309 e. The Morgan fingerprint density at radius 2 is 2.20 bits per heavy atom. The third-order valence-electron chi connectivity index (χ3n) is 2.34. The number of β-amino-alcohol motifs (C(OH)–C–C–N with tert-alkyl or cyclic N) is 1. The second-order valence-electron chi connectivity index (χ2n) is 5.27. The van der Waals surface area contributed by atoms with E-state index in [4.69, 9.17) is 4.74 Å². The smallest absolute Gasteiger partial charge is 0.309 e. The van der Waals surface area contributed by atoms with Crippen LogP contribution in [0, 0.1) is 0 Å². The third kappa shape index (κ3) is 4.62. The Bertz CT molecular complexity index is 226. The Morgan fingerprint density at radius 3 is 2.67 bits per heavy atom. The van der Waals surface area contributed by atoms with Gasteiger partial charge in [0.2, 0.25) is 0 Å². The number of hydrogen-bond donors (Lipinski definition) is 2. The second-order valence-corrected chi connectivity index (χ2v) is 5.27. The monoisotopic (exact) mass is 215 g/mol. The molecule has 0 aromatic carbocycles. The molecule has 0 aliphatic carbocycles. The van der Waals surface area contributed by atoms with Gasteiger partial charge in [-0.25, -0.2) is 0 Å². The lowest BCUT2D eigenvalue weighted by Gasteiger charge is -2.32. The molecular formula is C11H21NO3. The summed E-state index contributed by atoms with van der Waals surface area (Å²) < 4.78 is 5.18. The van der Waals surface area contributed by atoms with Gasteiger partial charge < -0.3 is 15.2 Å². The van der Waals surface area contributed by atoms with E-state index in [1.807, 2.05) is 20.8 Å². The Labute approximate surface area is 91.0 Å². The van der Waals surface area contributed by atoms with Crippen LogP contribution in [0.3, 0.4) is 0 Å². The van der Waals surface area contributed by atoms with Crippen molar-refractivity contribution in [1.82, 2.24) is 5.32 Å². The molecule has 1 atom stereocenters. The van der Waals surface area contributed by atoms with Crippen molar-refractivity contribution in [3.8, 4) is 0 Å². The van der Waals surface area contributed by atoms with Gasteiger partial charge in [0.05, 0.1) is 12.0 Å². The molecule has 0 aromatic heterocycles. The van der Waals surface area contributed by atoms with E-state index in [2.05, 4.69) is 5.32 Å². The molecule has 4 nitrogen and oxygen atoms in total. The summed E-state index contributed by atoms with van der Waals surface area (Å²) in [6, 6.07) is 0. The van der Waals surface area contributed by atoms with Gasteiger partial charge in [-0.1, -0.05) is 0 Å². The van der Waals surface area contributed by atoms with Crippen LogP contribution < -0.4 is 5.32 Å². The van der Waals surface area contributed by atoms with E-state index in [-0.39, 0.29) is 12.4 Å². The number of aliphatic hydroxyl groups is 1. The first kappa shape index (κ1) is 12.5. The fourth-order valence-corrected chi connectivity index (χ4v) is 1.75. The molecule has 88 valence electrons. The lowest BCUT2D eigenvalue weighted by molar-refractivity contribution is -0.161. The molecule has 1 aliphatic rings. The number of ether oxygens (including phenoxy) is 1. The normalized spacial score (nSPS) is 27.5. The molecule has 0 aromatic rings. The maximum absolute atomic E-state index is 11.5. The average molecular weight is 215 g/mol. The highest BCUT2D eigenvalue weighted by molar-refractivity contribution is 5.71. The lowest BCUT2D eigenvalue weighted by Crippen LogP contribution is -2.47. The summed E-state index contributed by atoms with van der Waals surface area (Å²) in [6.07, 6.45) is 1.65. The van der Waals surface area contributed by atoms with E-state index < -0.39 is 11.2 Å². The largest absolute Gasteiger partial charge is 0.460 e. The van der Waals surface area contributed by atoms with E-state index in [9.17, 15) is 9.90 Å². The molecule has 0 spiro atoms. The summed E-state index contributed by atoms with van der Waals surface area (Å²) in [6.45, 7) is 6.87. The van der Waals surface area contributed by atoms with Crippen molar-refractivity contribution in [3.05, 3.63) is 0 Å². The number of nitrogens with one attached hydrogen (secondary N) is 1. The van der Waals surface area contributed by atoms with Crippen molar-refractivity contribution >= 4 is 5.97 Å². The van der Waals surface area contributed by atoms with Crippen LogP contribution in [-0.2, 0) is 9.53 Å². The van der Waals surface area contributed by atoms with Gasteiger partial charge >= 0.3 is 5.97 Å². The van der Waals surface area contributed by atoms with Crippen LogP contribution in [-0.4, -0.2) is 35.4 Å². The first-order valence-electron chi connectivity index (χ1n) is 5.46. The zero-order chi connectivity index (χ0) is 11.5. The van der Waals surface area contributed by atoms with E-state index in [1.54, 1.807) is 0 Å². The first-order valence-corrected chi connectivity index (χ1v) is 5.46. The van der Waals surface area contributed by atoms with E-state index in [0.717, 1.165) is 13.0 Å². The van der Waals surface area contributed by atoms with Gasteiger partial charge in [0.15, 0.2) is 0 Å². The number of esters is 1. The average Bonchev–Trinajstić information content (AvgIpc) is 1.99. The van der Waals surface area contributed by atoms with E-state index in [0.29, 0.717) is 13.0 Å². The summed E-state index contributed by atoms with van der Waals surface area (Å²) >= 11 is 0. The van der Waals surface area contributed by atoms with Crippen molar-refractivity contribution in [2.75, 3.05) is 13.1 Å². The van der Waals surface area contributed by atoms with Crippen LogP contribution in [0.1, 0.15) is 40.0 Å². The van der Waals surface area contributed by atoms with Gasteiger partial charge in [-0.15, -0.1) is 0 Å². The molecule has 4 heteroatoms. The summed E-state index contributed by atoms with van der Waals surface area (Å²) in [5, 5.41) is 13.2. The molecule has 1 heterocycles. The summed E-state index contributed by atoms with van der Waals surface area (Å²) in [5.41, 5.74) is -1.39. The zero-order valence-electron chi connectivity index (χ0n) is 9.80. The van der Waals surface area contributed by atoms with Crippen LogP contribution >= 0.6 is 0 Å². The van der Waals surface area contributed by atoms with Gasteiger partial charge in [-0.2, -0.15) is 0 Å². The van der Waals surface area contributed by atoms with Gasteiger partial charge in [0.25, 0.3) is 0 Å². The highest BCUT2D eigenvalue weighted by atomic mass is 16.6. The van der Waals surface area contributed by atoms with Crippen molar-refractivity contribution < 1.29 is 14.6 Å². The number of piperidine rings is 1. The van der Waals surface area contributed by atoms with E-state index in [1.165, 1.54) is 0 Å². The predicted molar refractivity (Wildman–Crippen MR) is 57.5 cm³/mol. The van der Waals surface area contributed by atoms with Crippen LogP contribution in [0.5, 0.6) is 0 Å². The molecule has 1 saturated heterocycles. The minimum Gasteiger partial charge on any atom is -0.460 e. The van der Waals surface area contributed by atoms with Gasteiger partial charge in [-0.05, 0) is 40.2 Å². The van der Waals surface area contributed by atoms with Crippen molar-refractivity contribution in [2.45, 2.75) is 51.2 Å². The molecule has 1 rings (SSSR count). The minimum absolute atomic E-state index is 0.0806. The summed E-state index contributed by atoms with van der Waals surface area (Å²) in [4.78, 5) is 11.5. The molecule has 0 saturated carbocycles. The Hall–Kier alpha value is -0.610. The SMILES string of the molecule is CC(C)(C)OC(=O)C[C@]1(O)CCCNC1. The zero-order valence-corrected chi connectivity index (χ0v) is 9.80. The van der Waals surface area contributed by atoms with E-state index >= 15 is 0 Å². The second kappa shape index (κ2) is 4.49. The standard InChI is InChI=1S/C11H21NO3/c1-10(2,3)15-9(13)7-11(14)5-4-6-12-8-11/h12,14H,4-8H2,1-3H3/t11-/m1/s1. The minimum atomic E-state index is -0.916. The molecule has 0 radical (unpaired) electrons. The Kier molecular flexibility index (Phi) is 3.73. The van der Waals surface area contributed by atoms with Crippen LogP contribution in [0.2, 0.25) is 0 Å². The summed E-state index contributed by atoms with van der Waals surface area (Å²) in [5.74, 6) is -0.325. The van der Waals surface area contributed by atoms with Gasteiger partial charge in [0, 0.05) is 6.54 Å². The Balaban J connectivity index is 2.42. The predicted octanol–water partition coefficient (Wildman–Crippen LogP) is 0.833. The third-order valence-corrected chi connectivity index (χ3v) is 2.34. The Morgan fingerprint density at radius 1 is 1.53 bits per heavy atom. The highest BCUT2D eigenvalue weighted by Gasteiger charge is 2.33. The van der Waals surface area contributed by atoms with Crippen molar-refractivity contribution in [2.24, 2.45) is 0 Å². The molecule has 1 aliphatic heterocycles. The molecule has 1 fully saturated rings. The van der Waals surface area contributed by atoms with Gasteiger partial charge in [0.1, 0.15) is 5.60 Å². The van der Waals surface area contributed by atoms with Crippen molar-refractivity contribution in [3.63, 3.8) is 0 Å². The number of hydrogen-bond acceptors (Lipinski definition) is 4. The highest BCUT2D eigenvalue weighted by Crippen LogP contribution is 2.21. The molecule has 2 N–H and O–H groups in total. The maximum atomic E-state index is 11.5. The number of carbonyl (C=O) groups excluding carboxylic acids is 1. The molecular weight excluding hydrogens is 194 g/mol. The topological polar surface area (TPSA) is 58.6 Å². The molecule has 15 heavy (non-hydrogen) atoms. The quantitative estimate of drug-likeness (QED) is 0.670. The fourth-order valence-electron chi connectivity index (χ4n) is 1.75. The number of rotatable bonds is 2. The molecule has 0 unspecified atom stereocenters. The molecule has 0 amide bonds. The number of carbonyl (C=O) groups is 1.